The molecular formula is C14H11N3. The fourth-order valence-electron chi connectivity index (χ4n) is 1.72. The van der Waals surface area contributed by atoms with E-state index in [1.807, 2.05) is 48.8 Å². The van der Waals surface area contributed by atoms with Crippen molar-refractivity contribution in [3.05, 3.63) is 67.1 Å². The first-order valence-corrected chi connectivity index (χ1v) is 5.45. The number of rotatable bonds is 2. The summed E-state index contributed by atoms with van der Waals surface area (Å²) in [6, 6.07) is 16.0. The van der Waals surface area contributed by atoms with Crippen LogP contribution in [0.5, 0.6) is 0 Å². The van der Waals surface area contributed by atoms with Crippen LogP contribution in [-0.4, -0.2) is 14.8 Å². The van der Waals surface area contributed by atoms with Crippen molar-refractivity contribution >= 4 is 0 Å². The maximum absolute atomic E-state index is 4.32. The summed E-state index contributed by atoms with van der Waals surface area (Å²) in [5.41, 5.74) is 2.26. The fraction of sp³-hybridized carbons (Fsp3) is 0. The van der Waals surface area contributed by atoms with Crippen LogP contribution in [0.3, 0.4) is 0 Å². The number of hydrogen-bond acceptors (Lipinski definition) is 2. The lowest BCUT2D eigenvalue weighted by atomic mass is 10.1. The highest BCUT2D eigenvalue weighted by molar-refractivity contribution is 5.61. The molecule has 0 unspecified atom stereocenters. The highest BCUT2D eigenvalue weighted by Gasteiger charge is 2.02. The van der Waals surface area contributed by atoms with Crippen LogP contribution in [-0.2, 0) is 0 Å². The molecule has 82 valence electrons. The van der Waals surface area contributed by atoms with Crippen LogP contribution in [0.15, 0.2) is 67.1 Å². The van der Waals surface area contributed by atoms with Crippen LogP contribution in [0.2, 0.25) is 0 Å². The van der Waals surface area contributed by atoms with Gasteiger partial charge in [-0.25, -0.2) is 9.67 Å². The van der Waals surface area contributed by atoms with E-state index < -0.39 is 0 Å². The standard InChI is InChI=1S/C14H11N3/c1-2-6-12(7-3-1)13-10-16-17(11-13)14-8-4-5-9-15-14/h1-11H. The van der Waals surface area contributed by atoms with E-state index in [1.54, 1.807) is 10.9 Å². The second kappa shape index (κ2) is 4.22. The Morgan fingerprint density at radius 1 is 0.824 bits per heavy atom. The van der Waals surface area contributed by atoms with E-state index in [1.165, 1.54) is 0 Å². The van der Waals surface area contributed by atoms with Gasteiger partial charge >= 0.3 is 0 Å². The molecule has 0 N–H and O–H groups in total. The van der Waals surface area contributed by atoms with Gasteiger partial charge in [0.05, 0.1) is 6.20 Å². The van der Waals surface area contributed by atoms with Crippen molar-refractivity contribution in [2.45, 2.75) is 0 Å². The maximum atomic E-state index is 4.32. The molecule has 1 aromatic carbocycles. The molecule has 0 saturated carbocycles. The van der Waals surface area contributed by atoms with E-state index in [9.17, 15) is 0 Å². The Hall–Kier alpha value is -2.42. The highest BCUT2D eigenvalue weighted by Crippen LogP contribution is 2.18. The lowest BCUT2D eigenvalue weighted by Gasteiger charge is -1.98. The van der Waals surface area contributed by atoms with E-state index >= 15 is 0 Å². The van der Waals surface area contributed by atoms with Crippen molar-refractivity contribution in [3.63, 3.8) is 0 Å². The minimum atomic E-state index is 0.828. The average molecular weight is 221 g/mol. The molecule has 17 heavy (non-hydrogen) atoms. The predicted molar refractivity (Wildman–Crippen MR) is 66.8 cm³/mol. The Kier molecular flexibility index (Phi) is 2.43. The van der Waals surface area contributed by atoms with Crippen LogP contribution < -0.4 is 0 Å². The molecule has 0 atom stereocenters. The zero-order chi connectivity index (χ0) is 11.5. The Morgan fingerprint density at radius 2 is 1.65 bits per heavy atom. The van der Waals surface area contributed by atoms with Gasteiger partial charge in [-0.2, -0.15) is 5.10 Å². The molecule has 0 fully saturated rings. The normalized spacial score (nSPS) is 10.4. The van der Waals surface area contributed by atoms with Gasteiger partial charge in [0, 0.05) is 18.0 Å². The quantitative estimate of drug-likeness (QED) is 0.666. The largest absolute Gasteiger partial charge is 0.237 e. The Morgan fingerprint density at radius 3 is 2.41 bits per heavy atom. The monoisotopic (exact) mass is 221 g/mol. The molecule has 2 heterocycles. The van der Waals surface area contributed by atoms with Gasteiger partial charge < -0.3 is 0 Å². The predicted octanol–water partition coefficient (Wildman–Crippen LogP) is 2.93. The van der Waals surface area contributed by atoms with Gasteiger partial charge in [-0.05, 0) is 17.7 Å². The zero-order valence-electron chi connectivity index (χ0n) is 9.19. The molecule has 3 nitrogen and oxygen atoms in total. The second-order valence-electron chi connectivity index (χ2n) is 3.73. The molecule has 0 spiro atoms. The molecule has 0 aliphatic carbocycles. The summed E-state index contributed by atoms with van der Waals surface area (Å²) in [6.07, 6.45) is 5.60. The third-order valence-electron chi connectivity index (χ3n) is 2.57. The van der Waals surface area contributed by atoms with Gasteiger partial charge in [-0.3, -0.25) is 0 Å². The van der Waals surface area contributed by atoms with Gasteiger partial charge in [0.25, 0.3) is 0 Å². The molecule has 3 aromatic rings. The van der Waals surface area contributed by atoms with Crippen molar-refractivity contribution in [3.8, 4) is 16.9 Å². The molecule has 0 bridgehead atoms. The van der Waals surface area contributed by atoms with E-state index in [-0.39, 0.29) is 0 Å². The molecule has 0 amide bonds. The van der Waals surface area contributed by atoms with Crippen LogP contribution >= 0.6 is 0 Å². The summed E-state index contributed by atoms with van der Waals surface area (Å²) < 4.78 is 1.78. The lowest BCUT2D eigenvalue weighted by molar-refractivity contribution is 0.847. The number of benzene rings is 1. The SMILES string of the molecule is c1ccc(-c2cnn(-c3ccccn3)c2)cc1. The molecule has 3 rings (SSSR count). The zero-order valence-corrected chi connectivity index (χ0v) is 9.19. The third-order valence-corrected chi connectivity index (χ3v) is 2.57. The van der Waals surface area contributed by atoms with Crippen LogP contribution in [0.25, 0.3) is 16.9 Å². The molecule has 0 aliphatic heterocycles. The van der Waals surface area contributed by atoms with Crippen molar-refractivity contribution in [2.24, 2.45) is 0 Å². The second-order valence-corrected chi connectivity index (χ2v) is 3.73. The average Bonchev–Trinajstić information content (AvgIpc) is 2.90. The molecular weight excluding hydrogens is 210 g/mol. The first-order chi connectivity index (χ1) is 8.43. The van der Waals surface area contributed by atoms with Crippen molar-refractivity contribution in [1.29, 1.82) is 0 Å². The first-order valence-electron chi connectivity index (χ1n) is 5.45. The molecule has 0 radical (unpaired) electrons. The summed E-state index contributed by atoms with van der Waals surface area (Å²) in [6.45, 7) is 0. The third kappa shape index (κ3) is 1.95. The van der Waals surface area contributed by atoms with Gasteiger partial charge in [-0.15, -0.1) is 0 Å². The Bertz CT molecular complexity index is 546. The minimum Gasteiger partial charge on any atom is -0.237 e. The topological polar surface area (TPSA) is 30.7 Å². The smallest absolute Gasteiger partial charge is 0.153 e. The van der Waals surface area contributed by atoms with Crippen molar-refractivity contribution in [1.82, 2.24) is 14.8 Å². The Labute approximate surface area is 99.4 Å². The van der Waals surface area contributed by atoms with Gasteiger partial charge in [0.1, 0.15) is 0 Å². The molecule has 2 aromatic heterocycles. The fourth-order valence-corrected chi connectivity index (χ4v) is 1.72. The first kappa shape index (κ1) is 9.78. The van der Waals surface area contributed by atoms with Gasteiger partial charge in [0.2, 0.25) is 0 Å². The summed E-state index contributed by atoms with van der Waals surface area (Å²) in [7, 11) is 0. The minimum absolute atomic E-state index is 0.828. The lowest BCUT2D eigenvalue weighted by Crippen LogP contribution is -1.95. The van der Waals surface area contributed by atoms with Gasteiger partial charge in [-0.1, -0.05) is 36.4 Å². The summed E-state index contributed by atoms with van der Waals surface area (Å²) >= 11 is 0. The molecule has 3 heteroatoms. The maximum Gasteiger partial charge on any atom is 0.153 e. The van der Waals surface area contributed by atoms with Crippen LogP contribution in [0.4, 0.5) is 0 Å². The van der Waals surface area contributed by atoms with E-state index in [0.717, 1.165) is 16.9 Å². The number of hydrogen-bond donors (Lipinski definition) is 0. The number of aromatic nitrogens is 3. The highest BCUT2D eigenvalue weighted by atomic mass is 15.3. The van der Waals surface area contributed by atoms with Crippen LogP contribution in [0.1, 0.15) is 0 Å². The van der Waals surface area contributed by atoms with Crippen LogP contribution in [0, 0.1) is 0 Å². The molecule has 0 aliphatic rings. The van der Waals surface area contributed by atoms with E-state index in [0.29, 0.717) is 0 Å². The summed E-state index contributed by atoms with van der Waals surface area (Å²) in [5.74, 6) is 0.828. The number of nitrogens with zero attached hydrogens (tertiary/aromatic N) is 3. The summed E-state index contributed by atoms with van der Waals surface area (Å²) in [5, 5.41) is 4.32. The van der Waals surface area contributed by atoms with E-state index in [4.69, 9.17) is 0 Å². The molecule has 0 saturated heterocycles. The van der Waals surface area contributed by atoms with E-state index in [2.05, 4.69) is 22.2 Å². The van der Waals surface area contributed by atoms with Crippen molar-refractivity contribution in [2.75, 3.05) is 0 Å². The van der Waals surface area contributed by atoms with Gasteiger partial charge in [0.15, 0.2) is 5.82 Å². The number of pyridine rings is 1. The summed E-state index contributed by atoms with van der Waals surface area (Å²) in [4.78, 5) is 4.26. The Balaban J connectivity index is 1.99. The van der Waals surface area contributed by atoms with Crippen molar-refractivity contribution < 1.29 is 0 Å².